The van der Waals surface area contributed by atoms with Gasteiger partial charge in [0.1, 0.15) is 12.4 Å². The highest BCUT2D eigenvalue weighted by atomic mass is 127. The highest BCUT2D eigenvalue weighted by Crippen LogP contribution is 2.46. The highest BCUT2D eigenvalue weighted by Gasteiger charge is 2.39. The summed E-state index contributed by atoms with van der Waals surface area (Å²) in [6.45, 7) is 2.76. The summed E-state index contributed by atoms with van der Waals surface area (Å²) in [5, 5.41) is 10.0. The molecule has 0 saturated heterocycles. The first kappa shape index (κ1) is 24.6. The number of carbonyl (C=O) groups is 1. The third-order valence-corrected chi connectivity index (χ3v) is 7.46. The molecular formula is C26H25BrIN3O3. The number of carbonyl (C=O) groups excluding carboxylic acids is 1. The first-order valence-corrected chi connectivity index (χ1v) is 13.0. The SMILES string of the molecule is CCOc1cc([C@H]2C(C#N)=C(N)N(C)C3=C2C(=O)CCC3)cc(I)c1OCc1ccc(Br)cc1. The monoisotopic (exact) mass is 633 g/mol. The molecule has 0 radical (unpaired) electrons. The fourth-order valence-electron chi connectivity index (χ4n) is 4.49. The number of hydrogen-bond donors (Lipinski definition) is 1. The van der Waals surface area contributed by atoms with Crippen molar-refractivity contribution in [2.75, 3.05) is 13.7 Å². The predicted octanol–water partition coefficient (Wildman–Crippen LogP) is 5.76. The average molecular weight is 634 g/mol. The number of nitrogens with zero attached hydrogens (tertiary/aromatic N) is 2. The maximum atomic E-state index is 13.1. The summed E-state index contributed by atoms with van der Waals surface area (Å²) in [5.74, 6) is 1.17. The summed E-state index contributed by atoms with van der Waals surface area (Å²) in [6, 6.07) is 14.1. The van der Waals surface area contributed by atoms with Gasteiger partial charge in [-0.1, -0.05) is 28.1 Å². The number of ether oxygens (including phenoxy) is 2. The van der Waals surface area contributed by atoms with E-state index in [9.17, 15) is 10.1 Å². The van der Waals surface area contributed by atoms with E-state index in [0.717, 1.165) is 37.7 Å². The van der Waals surface area contributed by atoms with E-state index in [-0.39, 0.29) is 5.78 Å². The maximum absolute atomic E-state index is 13.1. The largest absolute Gasteiger partial charge is 0.490 e. The van der Waals surface area contributed by atoms with E-state index in [1.807, 2.05) is 50.4 Å². The summed E-state index contributed by atoms with van der Waals surface area (Å²) in [6.07, 6.45) is 2.03. The van der Waals surface area contributed by atoms with E-state index in [0.29, 0.717) is 48.1 Å². The van der Waals surface area contributed by atoms with Gasteiger partial charge in [0.2, 0.25) is 0 Å². The number of halogens is 2. The molecule has 0 unspecified atom stereocenters. The van der Waals surface area contributed by atoms with Gasteiger partial charge in [-0.15, -0.1) is 0 Å². The fraction of sp³-hybridized carbons (Fsp3) is 0.308. The van der Waals surface area contributed by atoms with E-state index in [2.05, 4.69) is 44.6 Å². The summed E-state index contributed by atoms with van der Waals surface area (Å²) in [7, 11) is 1.82. The second-order valence-electron chi connectivity index (χ2n) is 8.22. The van der Waals surface area contributed by atoms with Crippen molar-refractivity contribution in [1.29, 1.82) is 5.26 Å². The van der Waals surface area contributed by atoms with Crippen LogP contribution in [0, 0.1) is 14.9 Å². The number of benzene rings is 2. The Hall–Kier alpha value is -2.51. The molecule has 0 spiro atoms. The molecule has 0 saturated carbocycles. The zero-order valence-electron chi connectivity index (χ0n) is 19.0. The maximum Gasteiger partial charge on any atom is 0.174 e. The Balaban J connectivity index is 1.77. The van der Waals surface area contributed by atoms with Crippen LogP contribution in [0.1, 0.15) is 43.2 Å². The summed E-state index contributed by atoms with van der Waals surface area (Å²) < 4.78 is 14.0. The Kier molecular flexibility index (Phi) is 7.53. The molecule has 0 fully saturated rings. The van der Waals surface area contributed by atoms with Crippen LogP contribution in [-0.2, 0) is 11.4 Å². The minimum absolute atomic E-state index is 0.0712. The van der Waals surface area contributed by atoms with Gasteiger partial charge in [-0.2, -0.15) is 5.26 Å². The van der Waals surface area contributed by atoms with Crippen LogP contribution in [0.3, 0.4) is 0 Å². The number of allylic oxidation sites excluding steroid dienone is 3. The van der Waals surface area contributed by atoms with Crippen LogP contribution in [0.15, 0.2) is 63.5 Å². The third-order valence-electron chi connectivity index (χ3n) is 6.13. The Morgan fingerprint density at radius 2 is 1.97 bits per heavy atom. The third kappa shape index (κ3) is 4.68. The summed E-state index contributed by atoms with van der Waals surface area (Å²) >= 11 is 5.67. The Bertz CT molecular complexity index is 1230. The van der Waals surface area contributed by atoms with Crippen molar-refractivity contribution in [1.82, 2.24) is 4.90 Å². The molecule has 2 aromatic carbocycles. The summed E-state index contributed by atoms with van der Waals surface area (Å²) in [4.78, 5) is 14.9. The molecule has 176 valence electrons. The first-order valence-electron chi connectivity index (χ1n) is 11.1. The number of hydrogen-bond acceptors (Lipinski definition) is 6. The van der Waals surface area contributed by atoms with Gasteiger partial charge < -0.3 is 20.1 Å². The van der Waals surface area contributed by atoms with Crippen molar-refractivity contribution >= 4 is 44.3 Å². The van der Waals surface area contributed by atoms with Gasteiger partial charge in [-0.05, 0) is 77.7 Å². The van der Waals surface area contributed by atoms with Crippen LogP contribution in [-0.4, -0.2) is 24.3 Å². The molecule has 1 aliphatic heterocycles. The van der Waals surface area contributed by atoms with Crippen LogP contribution in [0.2, 0.25) is 0 Å². The lowest BCUT2D eigenvalue weighted by Crippen LogP contribution is -2.36. The molecule has 4 rings (SSSR count). The smallest absolute Gasteiger partial charge is 0.174 e. The number of Topliss-reactive ketones (excluding diaryl/α,β-unsaturated/α-hetero) is 1. The molecule has 2 N–H and O–H groups in total. The molecule has 1 heterocycles. The van der Waals surface area contributed by atoms with Gasteiger partial charge in [-0.25, -0.2) is 0 Å². The van der Waals surface area contributed by atoms with Gasteiger partial charge in [0, 0.05) is 29.2 Å². The van der Waals surface area contributed by atoms with Crippen molar-refractivity contribution in [3.05, 3.63) is 78.2 Å². The van der Waals surface area contributed by atoms with Crippen molar-refractivity contribution in [3.8, 4) is 17.6 Å². The van der Waals surface area contributed by atoms with Crippen molar-refractivity contribution in [2.24, 2.45) is 5.73 Å². The average Bonchev–Trinajstić information content (AvgIpc) is 2.82. The van der Waals surface area contributed by atoms with E-state index in [4.69, 9.17) is 15.2 Å². The lowest BCUT2D eigenvalue weighted by molar-refractivity contribution is -0.116. The predicted molar refractivity (Wildman–Crippen MR) is 142 cm³/mol. The minimum Gasteiger partial charge on any atom is -0.490 e. The second kappa shape index (κ2) is 10.4. The lowest BCUT2D eigenvalue weighted by Gasteiger charge is -2.37. The standard InChI is InChI=1S/C26H25BrIN3O3/c1-3-33-22-12-16(11-19(28)25(22)34-14-15-7-9-17(27)10-8-15)23-18(13-29)26(30)31(2)20-5-4-6-21(32)24(20)23/h7-12,23H,3-6,14,30H2,1-2H3/t23-/m0/s1. The number of rotatable bonds is 6. The topological polar surface area (TPSA) is 88.6 Å². The Morgan fingerprint density at radius 3 is 2.65 bits per heavy atom. The summed E-state index contributed by atoms with van der Waals surface area (Å²) in [5.41, 5.74) is 10.2. The second-order valence-corrected chi connectivity index (χ2v) is 10.3. The Labute approximate surface area is 221 Å². The molecule has 1 atom stereocenters. The zero-order valence-corrected chi connectivity index (χ0v) is 22.8. The van der Waals surface area contributed by atoms with E-state index in [1.165, 1.54) is 0 Å². The lowest BCUT2D eigenvalue weighted by atomic mass is 9.76. The molecule has 34 heavy (non-hydrogen) atoms. The van der Waals surface area contributed by atoms with E-state index in [1.54, 1.807) is 4.90 Å². The molecular weight excluding hydrogens is 609 g/mol. The minimum atomic E-state index is -0.516. The Morgan fingerprint density at radius 1 is 1.24 bits per heavy atom. The molecule has 2 aliphatic rings. The van der Waals surface area contributed by atoms with Crippen molar-refractivity contribution in [2.45, 2.75) is 38.7 Å². The fourth-order valence-corrected chi connectivity index (χ4v) is 5.54. The normalized spacial score (nSPS) is 18.0. The van der Waals surface area contributed by atoms with Crippen LogP contribution < -0.4 is 15.2 Å². The molecule has 0 bridgehead atoms. The van der Waals surface area contributed by atoms with Gasteiger partial charge in [-0.3, -0.25) is 4.79 Å². The highest BCUT2D eigenvalue weighted by molar-refractivity contribution is 14.1. The zero-order chi connectivity index (χ0) is 24.4. The van der Waals surface area contributed by atoms with Gasteiger partial charge in [0.25, 0.3) is 0 Å². The van der Waals surface area contributed by atoms with Gasteiger partial charge >= 0.3 is 0 Å². The molecule has 8 heteroatoms. The number of nitrogens with two attached hydrogens (primary N) is 1. The van der Waals surface area contributed by atoms with Crippen LogP contribution in [0.4, 0.5) is 0 Å². The van der Waals surface area contributed by atoms with Crippen LogP contribution in [0.5, 0.6) is 11.5 Å². The van der Waals surface area contributed by atoms with Gasteiger partial charge in [0.15, 0.2) is 17.3 Å². The molecule has 0 amide bonds. The van der Waals surface area contributed by atoms with Gasteiger partial charge in [0.05, 0.1) is 27.7 Å². The molecule has 0 aromatic heterocycles. The van der Waals surface area contributed by atoms with E-state index >= 15 is 0 Å². The number of ketones is 1. The van der Waals surface area contributed by atoms with E-state index < -0.39 is 5.92 Å². The number of nitriles is 1. The van der Waals surface area contributed by atoms with Crippen molar-refractivity contribution in [3.63, 3.8) is 0 Å². The van der Waals surface area contributed by atoms with Crippen molar-refractivity contribution < 1.29 is 14.3 Å². The first-order chi connectivity index (χ1) is 16.3. The molecule has 2 aromatic rings. The van der Waals surface area contributed by atoms with Crippen LogP contribution >= 0.6 is 38.5 Å². The molecule has 6 nitrogen and oxygen atoms in total. The quantitative estimate of drug-likeness (QED) is 0.407. The van der Waals surface area contributed by atoms with Crippen LogP contribution in [0.25, 0.3) is 0 Å². The molecule has 1 aliphatic carbocycles.